The second-order valence-electron chi connectivity index (χ2n) is 4.39. The molecule has 0 aliphatic carbocycles. The van der Waals surface area contributed by atoms with Crippen LogP contribution in [0.5, 0.6) is 0 Å². The molecule has 5 nitrogen and oxygen atoms in total. The summed E-state index contributed by atoms with van der Waals surface area (Å²) in [5, 5.41) is 10.0. The molecule has 88 valence electrons. The zero-order valence-corrected chi connectivity index (χ0v) is 11.2. The monoisotopic (exact) mass is 335 g/mol. The zero-order chi connectivity index (χ0) is 11.8. The minimum Gasteiger partial charge on any atom is -0.388 e. The summed E-state index contributed by atoms with van der Waals surface area (Å²) in [6.07, 6.45) is 3.12. The summed E-state index contributed by atoms with van der Waals surface area (Å²) in [5.74, 6) is 0.671. The van der Waals surface area contributed by atoms with Crippen LogP contribution in [0.2, 0.25) is 0 Å². The number of aromatic nitrogens is 2. The van der Waals surface area contributed by atoms with Crippen molar-refractivity contribution in [3.8, 4) is 0 Å². The first-order valence-electron chi connectivity index (χ1n) is 5.20. The molecule has 2 rings (SSSR count). The second kappa shape index (κ2) is 4.33. The number of nitrogens with zero attached hydrogens (tertiary/aromatic N) is 2. The highest BCUT2D eigenvalue weighted by Gasteiger charge is 2.30. The van der Waals surface area contributed by atoms with E-state index in [9.17, 15) is 9.90 Å². The maximum absolute atomic E-state index is 11.5. The molecule has 0 bridgehead atoms. The van der Waals surface area contributed by atoms with E-state index in [2.05, 4.69) is 9.97 Å². The van der Waals surface area contributed by atoms with Gasteiger partial charge in [0.1, 0.15) is 9.39 Å². The molecule has 0 saturated carbocycles. The van der Waals surface area contributed by atoms with Crippen molar-refractivity contribution in [2.45, 2.75) is 25.4 Å². The van der Waals surface area contributed by atoms with Crippen LogP contribution in [0, 0.1) is 3.57 Å². The van der Waals surface area contributed by atoms with Crippen molar-refractivity contribution >= 4 is 28.4 Å². The van der Waals surface area contributed by atoms with E-state index in [4.69, 9.17) is 0 Å². The molecule has 1 aliphatic rings. The zero-order valence-electron chi connectivity index (χ0n) is 9.03. The predicted molar refractivity (Wildman–Crippen MR) is 69.6 cm³/mol. The van der Waals surface area contributed by atoms with Crippen LogP contribution in [-0.4, -0.2) is 33.8 Å². The molecule has 1 aromatic heterocycles. The molecule has 0 amide bonds. The van der Waals surface area contributed by atoms with E-state index in [-0.39, 0.29) is 5.56 Å². The number of piperidine rings is 1. The lowest BCUT2D eigenvalue weighted by molar-refractivity contribution is 0.0446. The summed E-state index contributed by atoms with van der Waals surface area (Å²) < 4.78 is 0.581. The minimum atomic E-state index is -0.689. The average molecular weight is 335 g/mol. The molecule has 1 saturated heterocycles. The molecule has 2 N–H and O–H groups in total. The van der Waals surface area contributed by atoms with Crippen LogP contribution < -0.4 is 10.5 Å². The Kier molecular flexibility index (Phi) is 3.20. The molecule has 16 heavy (non-hydrogen) atoms. The number of anilines is 1. The van der Waals surface area contributed by atoms with Crippen LogP contribution in [0.3, 0.4) is 0 Å². The summed E-state index contributed by atoms with van der Waals surface area (Å²) in [7, 11) is 0. The Hall–Kier alpha value is -0.630. The van der Waals surface area contributed by atoms with Gasteiger partial charge in [-0.15, -0.1) is 0 Å². The standard InChI is InChI=1S/C10H14IN3O2/c1-10(16)3-2-4-14(5-10)8-7(11)9(15)13-6-12-8/h6,16H,2-5H2,1H3,(H,12,13,15). The van der Waals surface area contributed by atoms with Crippen molar-refractivity contribution in [1.82, 2.24) is 9.97 Å². The molecular weight excluding hydrogens is 321 g/mol. The molecule has 1 aliphatic heterocycles. The SMILES string of the molecule is CC1(O)CCCN(c2nc[nH]c(=O)c2I)C1. The third kappa shape index (κ3) is 2.37. The van der Waals surface area contributed by atoms with Crippen LogP contribution in [0.15, 0.2) is 11.1 Å². The lowest BCUT2D eigenvalue weighted by atomic mass is 9.95. The lowest BCUT2D eigenvalue weighted by Gasteiger charge is -2.37. The van der Waals surface area contributed by atoms with Crippen molar-refractivity contribution in [2.75, 3.05) is 18.0 Å². The topological polar surface area (TPSA) is 69.2 Å². The summed E-state index contributed by atoms with van der Waals surface area (Å²) in [6, 6.07) is 0. The normalized spacial score (nSPS) is 25.8. The fraction of sp³-hybridized carbons (Fsp3) is 0.600. The maximum atomic E-state index is 11.5. The highest BCUT2D eigenvalue weighted by atomic mass is 127. The number of hydrogen-bond donors (Lipinski definition) is 2. The smallest absolute Gasteiger partial charge is 0.266 e. The van der Waals surface area contributed by atoms with E-state index in [0.29, 0.717) is 15.9 Å². The van der Waals surface area contributed by atoms with Crippen LogP contribution in [0.1, 0.15) is 19.8 Å². The molecule has 1 aromatic rings. The van der Waals surface area contributed by atoms with Crippen LogP contribution in [-0.2, 0) is 0 Å². The Morgan fingerprint density at radius 1 is 1.69 bits per heavy atom. The summed E-state index contributed by atoms with van der Waals surface area (Å²) in [5.41, 5.74) is -0.818. The number of nitrogens with one attached hydrogen (secondary N) is 1. The quantitative estimate of drug-likeness (QED) is 0.743. The Labute approximate surface area is 107 Å². The number of H-pyrrole nitrogens is 1. The number of aromatic amines is 1. The van der Waals surface area contributed by atoms with Crippen LogP contribution in [0.4, 0.5) is 5.82 Å². The van der Waals surface area contributed by atoms with Gasteiger partial charge in [0.15, 0.2) is 0 Å². The molecule has 0 spiro atoms. The van der Waals surface area contributed by atoms with Gasteiger partial charge in [0.25, 0.3) is 5.56 Å². The van der Waals surface area contributed by atoms with Crippen molar-refractivity contribution in [3.63, 3.8) is 0 Å². The Balaban J connectivity index is 2.31. The first-order chi connectivity index (χ1) is 7.49. The van der Waals surface area contributed by atoms with Gasteiger partial charge in [-0.3, -0.25) is 4.79 Å². The number of aliphatic hydroxyl groups is 1. The first kappa shape index (κ1) is 11.8. The fourth-order valence-corrected chi connectivity index (χ4v) is 2.63. The molecule has 1 atom stereocenters. The summed E-state index contributed by atoms with van der Waals surface area (Å²) in [6.45, 7) is 3.18. The predicted octanol–water partition coefficient (Wildman–Crippen LogP) is 0.726. The molecular formula is C10H14IN3O2. The number of hydrogen-bond acceptors (Lipinski definition) is 4. The van der Waals surface area contributed by atoms with Crippen molar-refractivity contribution in [1.29, 1.82) is 0 Å². The van der Waals surface area contributed by atoms with E-state index >= 15 is 0 Å². The molecule has 6 heteroatoms. The third-order valence-electron chi connectivity index (χ3n) is 2.75. The van der Waals surface area contributed by atoms with Gasteiger partial charge in [0.2, 0.25) is 0 Å². The largest absolute Gasteiger partial charge is 0.388 e. The van der Waals surface area contributed by atoms with Gasteiger partial charge < -0.3 is 15.0 Å². The van der Waals surface area contributed by atoms with E-state index in [1.807, 2.05) is 34.4 Å². The number of halogens is 1. The van der Waals surface area contributed by atoms with Crippen molar-refractivity contribution in [3.05, 3.63) is 20.3 Å². The van der Waals surface area contributed by atoms with Gasteiger partial charge in [-0.1, -0.05) is 0 Å². The third-order valence-corrected chi connectivity index (χ3v) is 3.72. The molecule has 1 unspecified atom stereocenters. The maximum Gasteiger partial charge on any atom is 0.266 e. The Bertz CT molecular complexity index is 444. The fourth-order valence-electron chi connectivity index (χ4n) is 1.99. The van der Waals surface area contributed by atoms with Gasteiger partial charge in [-0.2, -0.15) is 0 Å². The van der Waals surface area contributed by atoms with Gasteiger partial charge in [-0.05, 0) is 42.4 Å². The van der Waals surface area contributed by atoms with Crippen LogP contribution in [0.25, 0.3) is 0 Å². The van der Waals surface area contributed by atoms with E-state index in [0.717, 1.165) is 19.4 Å². The van der Waals surface area contributed by atoms with Gasteiger partial charge in [0.05, 0.1) is 11.9 Å². The van der Waals surface area contributed by atoms with E-state index in [1.54, 1.807) is 0 Å². The second-order valence-corrected chi connectivity index (χ2v) is 5.47. The van der Waals surface area contributed by atoms with Gasteiger partial charge in [0, 0.05) is 13.1 Å². The van der Waals surface area contributed by atoms with E-state index < -0.39 is 5.60 Å². The summed E-state index contributed by atoms with van der Waals surface area (Å²) in [4.78, 5) is 20.1. The minimum absolute atomic E-state index is 0.129. The van der Waals surface area contributed by atoms with Crippen LogP contribution >= 0.6 is 22.6 Å². The number of β-amino-alcohol motifs (C(OH)–C–C–N with tert-alkyl or cyclic N) is 1. The lowest BCUT2D eigenvalue weighted by Crippen LogP contribution is -2.47. The van der Waals surface area contributed by atoms with Crippen molar-refractivity contribution < 1.29 is 5.11 Å². The molecule has 0 radical (unpaired) electrons. The Morgan fingerprint density at radius 2 is 2.44 bits per heavy atom. The number of rotatable bonds is 1. The van der Waals surface area contributed by atoms with E-state index in [1.165, 1.54) is 6.33 Å². The van der Waals surface area contributed by atoms with Crippen molar-refractivity contribution in [2.24, 2.45) is 0 Å². The first-order valence-corrected chi connectivity index (χ1v) is 6.28. The molecule has 0 aromatic carbocycles. The Morgan fingerprint density at radius 3 is 3.12 bits per heavy atom. The molecule has 1 fully saturated rings. The highest BCUT2D eigenvalue weighted by molar-refractivity contribution is 14.1. The van der Waals surface area contributed by atoms with Gasteiger partial charge in [-0.25, -0.2) is 4.98 Å². The van der Waals surface area contributed by atoms with Gasteiger partial charge >= 0.3 is 0 Å². The molecule has 2 heterocycles. The summed E-state index contributed by atoms with van der Waals surface area (Å²) >= 11 is 1.99. The highest BCUT2D eigenvalue weighted by Crippen LogP contribution is 2.25. The average Bonchev–Trinajstić information content (AvgIpc) is 2.20.